The van der Waals surface area contributed by atoms with E-state index in [2.05, 4.69) is 17.6 Å². The van der Waals surface area contributed by atoms with Crippen molar-refractivity contribution in [3.8, 4) is 0 Å². The second kappa shape index (κ2) is 13.5. The molecular weight excluding hydrogens is 414 g/mol. The zero-order valence-corrected chi connectivity index (χ0v) is 19.5. The summed E-state index contributed by atoms with van der Waals surface area (Å²) in [4.78, 5) is 22.9. The highest BCUT2D eigenvalue weighted by Crippen LogP contribution is 2.33. The van der Waals surface area contributed by atoms with E-state index in [1.165, 1.54) is 32.7 Å². The second-order valence-electron chi connectivity index (χ2n) is 8.81. The van der Waals surface area contributed by atoms with E-state index in [1.807, 2.05) is 0 Å². The first-order chi connectivity index (χ1) is 15.5. The lowest BCUT2D eigenvalue weighted by atomic mass is 10.0. The van der Waals surface area contributed by atoms with Crippen LogP contribution in [-0.4, -0.2) is 37.6 Å². The summed E-state index contributed by atoms with van der Waals surface area (Å²) in [7, 11) is 1.51. The fourth-order valence-corrected chi connectivity index (χ4v) is 4.57. The lowest BCUT2D eigenvalue weighted by Crippen LogP contribution is -2.47. The van der Waals surface area contributed by atoms with Gasteiger partial charge in [-0.15, -0.1) is 0 Å². The molecule has 1 saturated carbocycles. The number of carbonyl (C=O) groups excluding carboxylic acids is 2. The fraction of sp³-hybridized carbons (Fsp3) is 0.680. The molecule has 1 fully saturated rings. The molecule has 0 aliphatic heterocycles. The molecule has 1 aliphatic carbocycles. The number of amides is 1. The Hall–Kier alpha value is -2.02. The zero-order chi connectivity index (χ0) is 23.4. The molecule has 2 N–H and O–H groups in total. The summed E-state index contributed by atoms with van der Waals surface area (Å²) in [5.74, 6) is -1.81. The van der Waals surface area contributed by atoms with Crippen molar-refractivity contribution < 1.29 is 23.1 Å². The number of benzene rings is 1. The van der Waals surface area contributed by atoms with Crippen LogP contribution in [0.25, 0.3) is 0 Å². The standard InChI is InChI=1S/C25H38F2N2O3/c1-3-4-5-6-7-8-9-10-19-11-12-20(23(27)22(19)26)14-16-29-21-13-15-25(17-21,32-18-30)24(31)28-2/h11-12,18,21,29H,3-10,13-17H2,1-2H3,(H,28,31). The Morgan fingerprint density at radius 3 is 2.34 bits per heavy atom. The van der Waals surface area contributed by atoms with Gasteiger partial charge in [0.05, 0.1) is 0 Å². The highest BCUT2D eigenvalue weighted by atomic mass is 19.2. The van der Waals surface area contributed by atoms with Crippen LogP contribution in [0, 0.1) is 11.6 Å². The van der Waals surface area contributed by atoms with Gasteiger partial charge in [0.25, 0.3) is 12.4 Å². The number of likely N-dealkylation sites (N-methyl/N-ethyl adjacent to an activating group) is 1. The minimum absolute atomic E-state index is 0.0308. The van der Waals surface area contributed by atoms with Gasteiger partial charge in [-0.05, 0) is 49.8 Å². The number of rotatable bonds is 15. The monoisotopic (exact) mass is 452 g/mol. The molecule has 0 bridgehead atoms. The number of unbranched alkanes of at least 4 members (excludes halogenated alkanes) is 6. The fourth-order valence-electron chi connectivity index (χ4n) is 4.57. The Bertz CT molecular complexity index is 744. The van der Waals surface area contributed by atoms with Gasteiger partial charge in [-0.2, -0.15) is 0 Å². The van der Waals surface area contributed by atoms with E-state index < -0.39 is 17.2 Å². The van der Waals surface area contributed by atoms with Crippen molar-refractivity contribution in [1.29, 1.82) is 0 Å². The van der Waals surface area contributed by atoms with Gasteiger partial charge < -0.3 is 15.4 Å². The molecule has 0 aromatic heterocycles. The minimum atomic E-state index is -1.15. The van der Waals surface area contributed by atoms with Crippen LogP contribution < -0.4 is 10.6 Å². The van der Waals surface area contributed by atoms with Crippen LogP contribution in [0.3, 0.4) is 0 Å². The third-order valence-corrected chi connectivity index (χ3v) is 6.51. The molecule has 2 atom stereocenters. The topological polar surface area (TPSA) is 67.4 Å². The van der Waals surface area contributed by atoms with Crippen LogP contribution in [0.1, 0.15) is 82.3 Å². The summed E-state index contributed by atoms with van der Waals surface area (Å²) in [6.45, 7) is 2.95. The molecule has 7 heteroatoms. The summed E-state index contributed by atoms with van der Waals surface area (Å²) in [5.41, 5.74) is -0.355. The number of hydrogen-bond donors (Lipinski definition) is 2. The number of nitrogens with one attached hydrogen (secondary N) is 2. The van der Waals surface area contributed by atoms with Crippen LogP contribution in [0.2, 0.25) is 0 Å². The van der Waals surface area contributed by atoms with E-state index in [0.717, 1.165) is 19.3 Å². The quantitative estimate of drug-likeness (QED) is 0.301. The summed E-state index contributed by atoms with van der Waals surface area (Å²) in [6, 6.07) is 3.35. The van der Waals surface area contributed by atoms with Crippen molar-refractivity contribution in [3.05, 3.63) is 34.9 Å². The molecule has 1 aromatic carbocycles. The van der Waals surface area contributed by atoms with Crippen molar-refractivity contribution >= 4 is 12.4 Å². The van der Waals surface area contributed by atoms with Crippen molar-refractivity contribution in [2.45, 2.75) is 95.6 Å². The van der Waals surface area contributed by atoms with Crippen LogP contribution in [0.5, 0.6) is 0 Å². The highest BCUT2D eigenvalue weighted by Gasteiger charge is 2.46. The number of aryl methyl sites for hydroxylation is 1. The van der Waals surface area contributed by atoms with Crippen molar-refractivity contribution in [2.24, 2.45) is 0 Å². The molecule has 0 radical (unpaired) electrons. The van der Waals surface area contributed by atoms with E-state index in [1.54, 1.807) is 12.1 Å². The van der Waals surface area contributed by atoms with Gasteiger partial charge in [-0.3, -0.25) is 9.59 Å². The van der Waals surface area contributed by atoms with Crippen molar-refractivity contribution in [1.82, 2.24) is 10.6 Å². The number of ether oxygens (including phenoxy) is 1. The molecule has 0 spiro atoms. The molecule has 2 rings (SSSR count). The Morgan fingerprint density at radius 2 is 1.72 bits per heavy atom. The maximum Gasteiger partial charge on any atom is 0.294 e. The third kappa shape index (κ3) is 7.26. The Balaban J connectivity index is 1.78. The molecule has 1 amide bonds. The lowest BCUT2D eigenvalue weighted by molar-refractivity contribution is -0.157. The molecule has 2 unspecified atom stereocenters. The van der Waals surface area contributed by atoms with Gasteiger partial charge in [-0.25, -0.2) is 8.78 Å². The summed E-state index contributed by atoms with van der Waals surface area (Å²) >= 11 is 0. The molecular formula is C25H38F2N2O3. The molecule has 0 heterocycles. The smallest absolute Gasteiger partial charge is 0.294 e. The van der Waals surface area contributed by atoms with Crippen LogP contribution >= 0.6 is 0 Å². The Labute approximate surface area is 190 Å². The first kappa shape index (κ1) is 26.2. The molecule has 1 aliphatic rings. The SMILES string of the molecule is CCCCCCCCCc1ccc(CCNC2CCC(OC=O)(C(=O)NC)C2)c(F)c1F. The number of halogens is 2. The largest absolute Gasteiger partial charge is 0.451 e. The predicted molar refractivity (Wildman–Crippen MR) is 121 cm³/mol. The lowest BCUT2D eigenvalue weighted by Gasteiger charge is -2.25. The maximum atomic E-state index is 14.5. The van der Waals surface area contributed by atoms with Crippen LogP contribution in [-0.2, 0) is 27.2 Å². The first-order valence-corrected chi connectivity index (χ1v) is 12.0. The normalized spacial score (nSPS) is 20.3. The van der Waals surface area contributed by atoms with Crippen LogP contribution in [0.4, 0.5) is 8.78 Å². The van der Waals surface area contributed by atoms with E-state index >= 15 is 0 Å². The highest BCUT2D eigenvalue weighted by molar-refractivity contribution is 5.86. The van der Waals surface area contributed by atoms with Gasteiger partial charge in [0.15, 0.2) is 17.2 Å². The maximum absolute atomic E-state index is 14.5. The average molecular weight is 453 g/mol. The van der Waals surface area contributed by atoms with Gasteiger partial charge >= 0.3 is 0 Å². The Morgan fingerprint density at radius 1 is 1.09 bits per heavy atom. The minimum Gasteiger partial charge on any atom is -0.451 e. The molecule has 1 aromatic rings. The van der Waals surface area contributed by atoms with Crippen LogP contribution in [0.15, 0.2) is 12.1 Å². The van der Waals surface area contributed by atoms with Gasteiger partial charge in [0, 0.05) is 19.5 Å². The molecule has 5 nitrogen and oxygen atoms in total. The Kier molecular flexibility index (Phi) is 11.1. The van der Waals surface area contributed by atoms with E-state index in [9.17, 15) is 18.4 Å². The predicted octanol–water partition coefficient (Wildman–Crippen LogP) is 4.60. The molecule has 0 saturated heterocycles. The summed E-state index contributed by atoms with van der Waals surface area (Å²) in [6.07, 6.45) is 10.4. The summed E-state index contributed by atoms with van der Waals surface area (Å²) < 4.78 is 34.1. The van der Waals surface area contributed by atoms with E-state index in [-0.39, 0.29) is 11.9 Å². The number of hydrogen-bond acceptors (Lipinski definition) is 4. The van der Waals surface area contributed by atoms with Crippen molar-refractivity contribution in [3.63, 3.8) is 0 Å². The average Bonchev–Trinajstić information content (AvgIpc) is 3.21. The first-order valence-electron chi connectivity index (χ1n) is 12.0. The van der Waals surface area contributed by atoms with E-state index in [4.69, 9.17) is 4.74 Å². The third-order valence-electron chi connectivity index (χ3n) is 6.51. The summed E-state index contributed by atoms with van der Waals surface area (Å²) in [5, 5.41) is 5.82. The number of carbonyl (C=O) groups is 2. The molecule has 180 valence electrons. The van der Waals surface area contributed by atoms with Crippen molar-refractivity contribution in [2.75, 3.05) is 13.6 Å². The second-order valence-corrected chi connectivity index (χ2v) is 8.81. The van der Waals surface area contributed by atoms with E-state index in [0.29, 0.717) is 56.2 Å². The van der Waals surface area contributed by atoms with Gasteiger partial charge in [0.1, 0.15) is 0 Å². The molecule has 32 heavy (non-hydrogen) atoms. The van der Waals surface area contributed by atoms with Gasteiger partial charge in [-0.1, -0.05) is 57.6 Å². The van der Waals surface area contributed by atoms with Gasteiger partial charge in [0.2, 0.25) is 0 Å². The zero-order valence-electron chi connectivity index (χ0n) is 19.5.